The highest BCUT2D eigenvalue weighted by Gasteiger charge is 2.62. The lowest BCUT2D eigenvalue weighted by Gasteiger charge is -2.36. The molecular formula is C28H30F2NO6PS. The fraction of sp³-hybridized carbons (Fsp3) is 0.357. The van der Waals surface area contributed by atoms with Gasteiger partial charge in [0.1, 0.15) is 23.3 Å². The zero-order valence-electron chi connectivity index (χ0n) is 21.5. The minimum Gasteiger partial charge on any atom is -0.465 e. The molecule has 4 rings (SSSR count). The Bertz CT molecular complexity index is 1380. The van der Waals surface area contributed by atoms with Crippen molar-refractivity contribution in [2.45, 2.75) is 44.3 Å². The van der Waals surface area contributed by atoms with Gasteiger partial charge in [0, 0.05) is 16.8 Å². The molecule has 39 heavy (non-hydrogen) atoms. The van der Waals surface area contributed by atoms with Crippen molar-refractivity contribution in [2.75, 3.05) is 19.8 Å². The molecule has 1 aliphatic heterocycles. The third-order valence-electron chi connectivity index (χ3n) is 6.30. The highest BCUT2D eigenvalue weighted by molar-refractivity contribution is 7.57. The molecule has 208 valence electrons. The molecule has 1 fully saturated rings. The first-order chi connectivity index (χ1) is 18.7. The Morgan fingerprint density at radius 2 is 1.95 bits per heavy atom. The number of alkyl halides is 2. The molecule has 1 saturated heterocycles. The Balaban J connectivity index is 1.73. The van der Waals surface area contributed by atoms with Crippen LogP contribution in [0, 0.1) is 0 Å². The summed E-state index contributed by atoms with van der Waals surface area (Å²) in [6, 6.07) is 11.9. The highest BCUT2D eigenvalue weighted by Crippen LogP contribution is 2.69. The SMILES string of the molecule is C=CCOC(=O)c1cc2cc(C(F)(F)P(=O)(Oc3ccccc3)N3CCC[C@H]3C(=O)OCCCC)ccc2s1. The first-order valence-electron chi connectivity index (χ1n) is 12.7. The van der Waals surface area contributed by atoms with Crippen molar-refractivity contribution in [3.05, 3.63) is 77.7 Å². The number of halogens is 2. The zero-order valence-corrected chi connectivity index (χ0v) is 23.2. The lowest BCUT2D eigenvalue weighted by molar-refractivity contribution is -0.147. The molecule has 3 aromatic rings. The summed E-state index contributed by atoms with van der Waals surface area (Å²) in [5, 5.41) is 0.367. The molecule has 2 aromatic carbocycles. The summed E-state index contributed by atoms with van der Waals surface area (Å²) in [7, 11) is -5.07. The molecule has 0 N–H and O–H groups in total. The van der Waals surface area contributed by atoms with E-state index in [0.717, 1.165) is 22.4 Å². The molecule has 0 spiro atoms. The first kappa shape index (κ1) is 28.9. The number of hydrogen-bond donors (Lipinski definition) is 0. The average molecular weight is 578 g/mol. The van der Waals surface area contributed by atoms with Gasteiger partial charge in [0.2, 0.25) is 0 Å². The summed E-state index contributed by atoms with van der Waals surface area (Å²) in [4.78, 5) is 25.4. The average Bonchev–Trinajstić information content (AvgIpc) is 3.60. The monoisotopic (exact) mass is 577 g/mol. The maximum absolute atomic E-state index is 16.5. The van der Waals surface area contributed by atoms with Gasteiger partial charge in [-0.1, -0.05) is 50.3 Å². The van der Waals surface area contributed by atoms with Crippen LogP contribution in [0.15, 0.2) is 67.3 Å². The summed E-state index contributed by atoms with van der Waals surface area (Å²) < 4.78 is 65.0. The van der Waals surface area contributed by atoms with Gasteiger partial charge in [-0.3, -0.25) is 9.36 Å². The Kier molecular flexibility index (Phi) is 9.20. The Labute approximate surface area is 229 Å². The van der Waals surface area contributed by atoms with E-state index in [1.54, 1.807) is 18.2 Å². The van der Waals surface area contributed by atoms with Gasteiger partial charge in [0.15, 0.2) is 0 Å². The third kappa shape index (κ3) is 6.08. The summed E-state index contributed by atoms with van der Waals surface area (Å²) in [6.45, 7) is 5.60. The fourth-order valence-corrected chi connectivity index (χ4v) is 7.65. The number of para-hydroxylation sites is 1. The molecule has 2 atom stereocenters. The largest absolute Gasteiger partial charge is 0.465 e. The van der Waals surface area contributed by atoms with E-state index in [1.807, 2.05) is 6.92 Å². The second-order valence-electron chi connectivity index (χ2n) is 9.06. The minimum atomic E-state index is -5.07. The van der Waals surface area contributed by atoms with Crippen molar-refractivity contribution in [3.63, 3.8) is 0 Å². The number of benzene rings is 2. The van der Waals surface area contributed by atoms with Crippen LogP contribution in [0.25, 0.3) is 10.1 Å². The molecule has 0 amide bonds. The Hall–Kier alpha value is -3.07. The van der Waals surface area contributed by atoms with E-state index in [4.69, 9.17) is 14.0 Å². The van der Waals surface area contributed by atoms with Gasteiger partial charge in [0.05, 0.1) is 6.61 Å². The second kappa shape index (κ2) is 12.4. The third-order valence-corrected chi connectivity index (χ3v) is 9.98. The van der Waals surface area contributed by atoms with Crippen LogP contribution >= 0.6 is 18.9 Å². The standard InChI is InChI=1S/C28H30F2NO6PS/c1-3-5-17-36-26(32)23-12-9-15-31(23)38(34,37-22-10-7-6-8-11-22)28(29,30)21-13-14-24-20(18-21)19-25(39-24)27(33)35-16-4-2/h4,6-8,10-11,13-14,18-19,23H,2-3,5,9,12,15-17H2,1H3/t23-,38?/m0/s1. The molecular weight excluding hydrogens is 547 g/mol. The second-order valence-corrected chi connectivity index (χ2v) is 12.4. The number of nitrogens with zero attached hydrogens (tertiary/aromatic N) is 1. The highest BCUT2D eigenvalue weighted by atomic mass is 32.1. The van der Waals surface area contributed by atoms with Crippen molar-refractivity contribution < 1.29 is 36.9 Å². The molecule has 11 heteroatoms. The first-order valence-corrected chi connectivity index (χ1v) is 15.1. The number of esters is 2. The maximum atomic E-state index is 16.5. The van der Waals surface area contributed by atoms with Crippen LogP contribution in [-0.2, 0) is 24.5 Å². The van der Waals surface area contributed by atoms with Crippen LogP contribution in [0.5, 0.6) is 5.75 Å². The smallest absolute Gasteiger partial charge is 0.393 e. The fourth-order valence-electron chi connectivity index (χ4n) is 4.31. The number of carbonyl (C=O) groups excluding carboxylic acids is 2. The lowest BCUT2D eigenvalue weighted by atomic mass is 10.1. The van der Waals surface area contributed by atoms with Gasteiger partial charge in [-0.15, -0.1) is 11.3 Å². The number of unbranched alkanes of at least 4 members (excludes halogenated alkanes) is 1. The predicted octanol–water partition coefficient (Wildman–Crippen LogP) is 7.37. The number of fused-ring (bicyclic) bond motifs is 1. The predicted molar refractivity (Wildman–Crippen MR) is 146 cm³/mol. The summed E-state index contributed by atoms with van der Waals surface area (Å²) in [6.07, 6.45) is 3.47. The molecule has 0 radical (unpaired) electrons. The summed E-state index contributed by atoms with van der Waals surface area (Å²) in [5.41, 5.74) is -4.56. The molecule has 1 aromatic heterocycles. The van der Waals surface area contributed by atoms with Crippen molar-refractivity contribution in [2.24, 2.45) is 0 Å². The molecule has 2 heterocycles. The number of rotatable bonds is 12. The normalized spacial score (nSPS) is 17.5. The molecule has 7 nitrogen and oxygen atoms in total. The molecule has 1 unspecified atom stereocenters. The number of hydrogen-bond acceptors (Lipinski definition) is 7. The van der Waals surface area contributed by atoms with E-state index in [0.29, 0.717) is 22.9 Å². The van der Waals surface area contributed by atoms with E-state index in [2.05, 4.69) is 6.58 Å². The van der Waals surface area contributed by atoms with Gasteiger partial charge < -0.3 is 14.0 Å². The van der Waals surface area contributed by atoms with E-state index >= 15 is 8.78 Å². The van der Waals surface area contributed by atoms with Gasteiger partial charge in [-0.05, 0) is 55.0 Å². The molecule has 1 aliphatic rings. The van der Waals surface area contributed by atoms with Crippen LogP contribution < -0.4 is 4.52 Å². The quantitative estimate of drug-likeness (QED) is 0.0962. The van der Waals surface area contributed by atoms with Crippen LogP contribution in [0.2, 0.25) is 0 Å². The molecule has 0 bridgehead atoms. The van der Waals surface area contributed by atoms with Crippen LogP contribution in [0.3, 0.4) is 0 Å². The van der Waals surface area contributed by atoms with Crippen LogP contribution in [-0.4, -0.2) is 42.4 Å². The summed E-state index contributed by atoms with van der Waals surface area (Å²) >= 11 is 1.10. The molecule has 0 saturated carbocycles. The van der Waals surface area contributed by atoms with Crippen molar-refractivity contribution in [1.29, 1.82) is 0 Å². The molecule has 0 aliphatic carbocycles. The van der Waals surface area contributed by atoms with Crippen molar-refractivity contribution in [3.8, 4) is 5.75 Å². The lowest BCUT2D eigenvalue weighted by Crippen LogP contribution is -2.40. The number of carbonyl (C=O) groups is 2. The van der Waals surface area contributed by atoms with E-state index in [9.17, 15) is 14.2 Å². The van der Waals surface area contributed by atoms with Crippen LogP contribution in [0.4, 0.5) is 8.78 Å². The Morgan fingerprint density at radius 3 is 2.67 bits per heavy atom. The maximum Gasteiger partial charge on any atom is 0.393 e. The minimum absolute atomic E-state index is 0.00521. The summed E-state index contributed by atoms with van der Waals surface area (Å²) in [5.74, 6) is -1.29. The van der Waals surface area contributed by atoms with Crippen molar-refractivity contribution in [1.82, 2.24) is 4.67 Å². The van der Waals surface area contributed by atoms with Gasteiger partial charge in [-0.2, -0.15) is 8.78 Å². The Morgan fingerprint density at radius 1 is 1.18 bits per heavy atom. The van der Waals surface area contributed by atoms with Gasteiger partial charge in [0.25, 0.3) is 0 Å². The zero-order chi connectivity index (χ0) is 28.0. The van der Waals surface area contributed by atoms with E-state index in [-0.39, 0.29) is 36.8 Å². The number of thiophene rings is 1. The van der Waals surface area contributed by atoms with Crippen LogP contribution in [0.1, 0.15) is 47.8 Å². The van der Waals surface area contributed by atoms with Gasteiger partial charge in [-0.25, -0.2) is 9.46 Å². The van der Waals surface area contributed by atoms with Gasteiger partial charge >= 0.3 is 25.1 Å². The van der Waals surface area contributed by atoms with E-state index in [1.165, 1.54) is 42.5 Å². The van der Waals surface area contributed by atoms with E-state index < -0.39 is 36.7 Å². The van der Waals surface area contributed by atoms with Crippen molar-refractivity contribution >= 4 is 40.9 Å². The number of ether oxygens (including phenoxy) is 2. The topological polar surface area (TPSA) is 82.1 Å².